The summed E-state index contributed by atoms with van der Waals surface area (Å²) in [6.07, 6.45) is 0.762. The number of carbonyl (C=O) groups excluding carboxylic acids is 1. The third-order valence-electron chi connectivity index (χ3n) is 6.58. The van der Waals surface area contributed by atoms with Crippen LogP contribution in [0.2, 0.25) is 5.02 Å². The van der Waals surface area contributed by atoms with Crippen LogP contribution in [-0.4, -0.2) is 72.8 Å². The van der Waals surface area contributed by atoms with Gasteiger partial charge in [-0.2, -0.15) is 4.31 Å². The number of H-pyrrole nitrogens is 2. The molecule has 2 aliphatic rings. The van der Waals surface area contributed by atoms with Crippen molar-refractivity contribution in [2.24, 2.45) is 5.92 Å². The second-order valence-corrected chi connectivity index (χ2v) is 11.1. The highest BCUT2D eigenvalue weighted by atomic mass is 35.5. The van der Waals surface area contributed by atoms with Gasteiger partial charge in [0, 0.05) is 61.6 Å². The standard InChI is InChI=1S/C22H28ClN5O5S/c1-14-3-4-17(23)13-18(14)26-9-11-27(12-10-26)21(30)16-5-7-28(8-6-16)34(32,33)19-15(2)24-22(31)25-20(19)29/h3-4,13,16H,5-12H2,1-2H3,(H2,24,25,29,31). The van der Waals surface area contributed by atoms with Crippen molar-refractivity contribution in [2.75, 3.05) is 44.2 Å². The maximum absolute atomic E-state index is 13.1. The molecule has 0 unspecified atom stereocenters. The average Bonchev–Trinajstić information content (AvgIpc) is 2.79. The van der Waals surface area contributed by atoms with Gasteiger partial charge in [-0.3, -0.25) is 14.6 Å². The van der Waals surface area contributed by atoms with Crippen molar-refractivity contribution in [3.05, 3.63) is 55.3 Å². The minimum absolute atomic E-state index is 0.000221. The minimum Gasteiger partial charge on any atom is -0.368 e. The number of nitrogens with one attached hydrogen (secondary N) is 2. The molecule has 0 aliphatic carbocycles. The number of aryl methyl sites for hydroxylation is 2. The molecule has 2 aliphatic heterocycles. The molecule has 0 atom stereocenters. The van der Waals surface area contributed by atoms with Crippen LogP contribution < -0.4 is 16.1 Å². The van der Waals surface area contributed by atoms with Gasteiger partial charge in [0.2, 0.25) is 15.9 Å². The number of halogens is 1. The fourth-order valence-electron chi connectivity index (χ4n) is 4.72. The summed E-state index contributed by atoms with van der Waals surface area (Å²) in [5.74, 6) is -0.224. The molecule has 2 aromatic rings. The molecule has 0 saturated carbocycles. The molecule has 3 heterocycles. The summed E-state index contributed by atoms with van der Waals surface area (Å²) in [4.78, 5) is 44.6. The van der Waals surface area contributed by atoms with Crippen molar-refractivity contribution in [1.82, 2.24) is 19.2 Å². The van der Waals surface area contributed by atoms with E-state index in [1.807, 2.05) is 35.0 Å². The highest BCUT2D eigenvalue weighted by molar-refractivity contribution is 7.89. The number of rotatable bonds is 4. The van der Waals surface area contributed by atoms with E-state index in [9.17, 15) is 22.8 Å². The first-order valence-electron chi connectivity index (χ1n) is 11.2. The van der Waals surface area contributed by atoms with E-state index in [1.165, 1.54) is 11.2 Å². The van der Waals surface area contributed by atoms with Crippen LogP contribution in [-0.2, 0) is 14.8 Å². The van der Waals surface area contributed by atoms with Crippen LogP contribution in [0.5, 0.6) is 0 Å². The molecule has 2 fully saturated rings. The van der Waals surface area contributed by atoms with Gasteiger partial charge in [0.15, 0.2) is 4.90 Å². The summed E-state index contributed by atoms with van der Waals surface area (Å²) in [7, 11) is -4.08. The van der Waals surface area contributed by atoms with Gasteiger partial charge in [0.05, 0.1) is 0 Å². The van der Waals surface area contributed by atoms with E-state index in [4.69, 9.17) is 11.6 Å². The number of amides is 1. The molecule has 2 saturated heterocycles. The predicted molar refractivity (Wildman–Crippen MR) is 129 cm³/mol. The van der Waals surface area contributed by atoms with Crippen molar-refractivity contribution in [3.63, 3.8) is 0 Å². The van der Waals surface area contributed by atoms with Crippen LogP contribution in [0.15, 0.2) is 32.7 Å². The zero-order valence-electron chi connectivity index (χ0n) is 19.1. The van der Waals surface area contributed by atoms with Crippen LogP contribution in [0, 0.1) is 19.8 Å². The molecule has 0 radical (unpaired) electrons. The van der Waals surface area contributed by atoms with Gasteiger partial charge in [-0.05, 0) is 44.4 Å². The maximum Gasteiger partial charge on any atom is 0.325 e. The summed E-state index contributed by atoms with van der Waals surface area (Å²) < 4.78 is 27.2. The Labute approximate surface area is 202 Å². The zero-order valence-corrected chi connectivity index (χ0v) is 20.7. The van der Waals surface area contributed by atoms with E-state index in [0.717, 1.165) is 11.3 Å². The molecule has 184 valence electrons. The Morgan fingerprint density at radius 2 is 1.65 bits per heavy atom. The van der Waals surface area contributed by atoms with Crippen LogP contribution in [0.25, 0.3) is 0 Å². The number of piperazine rings is 1. The van der Waals surface area contributed by atoms with Crippen LogP contribution >= 0.6 is 11.6 Å². The average molecular weight is 510 g/mol. The molecule has 1 aromatic heterocycles. The maximum atomic E-state index is 13.1. The molecule has 0 spiro atoms. The molecule has 1 aromatic carbocycles. The third kappa shape index (κ3) is 4.77. The number of anilines is 1. The molecule has 2 N–H and O–H groups in total. The number of benzene rings is 1. The number of piperidine rings is 1. The molecule has 10 nitrogen and oxygen atoms in total. The summed E-state index contributed by atoms with van der Waals surface area (Å²) in [5, 5.41) is 0.680. The summed E-state index contributed by atoms with van der Waals surface area (Å²) >= 11 is 6.15. The van der Waals surface area contributed by atoms with E-state index in [2.05, 4.69) is 9.88 Å². The number of hydrogen-bond acceptors (Lipinski definition) is 6. The van der Waals surface area contributed by atoms with Gasteiger partial charge in [-0.15, -0.1) is 0 Å². The van der Waals surface area contributed by atoms with Crippen LogP contribution in [0.4, 0.5) is 5.69 Å². The topological polar surface area (TPSA) is 127 Å². The predicted octanol–water partition coefficient (Wildman–Crippen LogP) is 1.08. The number of nitrogens with zero attached hydrogens (tertiary/aromatic N) is 3. The normalized spacial score (nSPS) is 18.3. The number of aromatic nitrogens is 2. The first-order valence-corrected chi connectivity index (χ1v) is 13.0. The van der Waals surface area contributed by atoms with Gasteiger partial charge >= 0.3 is 5.69 Å². The van der Waals surface area contributed by atoms with Crippen molar-refractivity contribution in [1.29, 1.82) is 0 Å². The first kappa shape index (κ1) is 24.5. The Kier molecular flexibility index (Phi) is 6.88. The molecule has 0 bridgehead atoms. The van der Waals surface area contributed by atoms with Crippen molar-refractivity contribution in [2.45, 2.75) is 31.6 Å². The SMILES string of the molecule is Cc1ccc(Cl)cc1N1CCN(C(=O)C2CCN(S(=O)(=O)c3c(C)[nH]c(=O)[nH]c3=O)CC2)CC1. The Balaban J connectivity index is 1.37. The summed E-state index contributed by atoms with van der Waals surface area (Å²) in [6, 6.07) is 5.79. The Morgan fingerprint density at radius 1 is 1.00 bits per heavy atom. The molecule has 4 rings (SSSR count). The highest BCUT2D eigenvalue weighted by Crippen LogP contribution is 2.28. The molecular weight excluding hydrogens is 482 g/mol. The number of hydrogen-bond donors (Lipinski definition) is 2. The monoisotopic (exact) mass is 509 g/mol. The fraction of sp³-hybridized carbons (Fsp3) is 0.500. The first-order chi connectivity index (χ1) is 16.1. The third-order valence-corrected chi connectivity index (χ3v) is 8.87. The highest BCUT2D eigenvalue weighted by Gasteiger charge is 2.36. The lowest BCUT2D eigenvalue weighted by Crippen LogP contribution is -2.52. The van der Waals surface area contributed by atoms with E-state index in [0.29, 0.717) is 44.0 Å². The molecule has 34 heavy (non-hydrogen) atoms. The lowest BCUT2D eigenvalue weighted by Gasteiger charge is -2.39. The second-order valence-electron chi connectivity index (χ2n) is 8.78. The van der Waals surface area contributed by atoms with Crippen LogP contribution in [0.3, 0.4) is 0 Å². The smallest absolute Gasteiger partial charge is 0.325 e. The molecule has 12 heteroatoms. The largest absolute Gasteiger partial charge is 0.368 e. The Hall–Kier alpha value is -2.63. The van der Waals surface area contributed by atoms with E-state index >= 15 is 0 Å². The van der Waals surface area contributed by atoms with Crippen molar-refractivity contribution < 1.29 is 13.2 Å². The number of carbonyl (C=O) groups is 1. The lowest BCUT2D eigenvalue weighted by molar-refractivity contribution is -0.137. The Bertz CT molecular complexity index is 1310. The Morgan fingerprint density at radius 3 is 2.26 bits per heavy atom. The second kappa shape index (κ2) is 9.55. The number of aromatic amines is 2. The van der Waals surface area contributed by atoms with Gasteiger partial charge in [0.25, 0.3) is 5.56 Å². The van der Waals surface area contributed by atoms with Crippen LogP contribution in [0.1, 0.15) is 24.1 Å². The van der Waals surface area contributed by atoms with Crippen molar-refractivity contribution >= 4 is 33.2 Å². The quantitative estimate of drug-likeness (QED) is 0.635. The minimum atomic E-state index is -4.08. The molecular formula is C22H28ClN5O5S. The van der Waals surface area contributed by atoms with E-state index in [1.54, 1.807) is 0 Å². The zero-order chi connectivity index (χ0) is 24.6. The lowest BCUT2D eigenvalue weighted by atomic mass is 9.96. The van der Waals surface area contributed by atoms with Gasteiger partial charge in [-0.25, -0.2) is 13.2 Å². The summed E-state index contributed by atoms with van der Waals surface area (Å²) in [5.41, 5.74) is 0.517. The van der Waals surface area contributed by atoms with Gasteiger partial charge in [-0.1, -0.05) is 17.7 Å². The fourth-order valence-corrected chi connectivity index (χ4v) is 6.56. The van der Waals surface area contributed by atoms with E-state index < -0.39 is 26.2 Å². The summed E-state index contributed by atoms with van der Waals surface area (Å²) in [6.45, 7) is 6.28. The number of sulfonamides is 1. The molecule has 1 amide bonds. The van der Waals surface area contributed by atoms with Gasteiger partial charge in [0.1, 0.15) is 0 Å². The van der Waals surface area contributed by atoms with Crippen molar-refractivity contribution in [3.8, 4) is 0 Å². The van der Waals surface area contributed by atoms with E-state index in [-0.39, 0.29) is 30.6 Å². The van der Waals surface area contributed by atoms with Gasteiger partial charge < -0.3 is 14.8 Å².